The maximum atomic E-state index is 12.8. The second-order valence-electron chi connectivity index (χ2n) is 7.42. The third kappa shape index (κ3) is 4.19. The minimum Gasteiger partial charge on any atom is -0.508 e. The van der Waals surface area contributed by atoms with Gasteiger partial charge in [-0.25, -0.2) is 4.98 Å². The molecular formula is C24H19N3O3S2. The van der Waals surface area contributed by atoms with E-state index in [0.29, 0.717) is 36.2 Å². The Balaban J connectivity index is 1.26. The molecule has 6 nitrogen and oxygen atoms in total. The number of thioether (sulfide) groups is 1. The number of phenolic OH excluding ortho intramolecular Hbond substituents is 1. The number of carbonyl (C=O) groups is 2. The van der Waals surface area contributed by atoms with E-state index in [9.17, 15) is 14.7 Å². The Labute approximate surface area is 193 Å². The largest absolute Gasteiger partial charge is 0.508 e. The summed E-state index contributed by atoms with van der Waals surface area (Å²) < 4.78 is 0. The average Bonchev–Trinajstić information content (AvgIpc) is 3.23. The Morgan fingerprint density at radius 1 is 1.12 bits per heavy atom. The molecule has 32 heavy (non-hydrogen) atoms. The summed E-state index contributed by atoms with van der Waals surface area (Å²) in [4.78, 5) is 32.7. The number of rotatable bonds is 4. The van der Waals surface area contributed by atoms with Gasteiger partial charge < -0.3 is 15.7 Å². The van der Waals surface area contributed by atoms with Crippen LogP contribution < -0.4 is 10.6 Å². The van der Waals surface area contributed by atoms with Crippen LogP contribution >= 0.6 is 23.1 Å². The second-order valence-corrected chi connectivity index (χ2v) is 9.67. The highest BCUT2D eigenvalue weighted by Gasteiger charge is 2.25. The molecule has 160 valence electrons. The molecule has 0 radical (unpaired) electrons. The van der Waals surface area contributed by atoms with Gasteiger partial charge in [-0.15, -0.1) is 11.3 Å². The lowest BCUT2D eigenvalue weighted by atomic mass is 10.0. The fraction of sp³-hybridized carbons (Fsp3) is 0.125. The van der Waals surface area contributed by atoms with Gasteiger partial charge in [0.2, 0.25) is 5.91 Å². The molecule has 2 heterocycles. The van der Waals surface area contributed by atoms with E-state index in [1.54, 1.807) is 36.2 Å². The number of carbonyl (C=O) groups excluding carboxylic acids is 2. The molecule has 1 aliphatic carbocycles. The Kier molecular flexibility index (Phi) is 5.55. The lowest BCUT2D eigenvalue weighted by molar-refractivity contribution is -0.117. The van der Waals surface area contributed by atoms with Crippen molar-refractivity contribution in [2.24, 2.45) is 0 Å². The molecule has 8 heteroatoms. The van der Waals surface area contributed by atoms with Gasteiger partial charge in [0, 0.05) is 32.0 Å². The van der Waals surface area contributed by atoms with Crippen LogP contribution in [0.4, 0.5) is 0 Å². The van der Waals surface area contributed by atoms with Gasteiger partial charge in [0.1, 0.15) is 10.8 Å². The number of aromatic hydroxyl groups is 1. The van der Waals surface area contributed by atoms with E-state index >= 15 is 0 Å². The number of phenols is 1. The first-order chi connectivity index (χ1) is 15.6. The molecular weight excluding hydrogens is 442 g/mol. The number of amides is 2. The Bertz CT molecular complexity index is 1280. The van der Waals surface area contributed by atoms with E-state index in [4.69, 9.17) is 0 Å². The Hall–Kier alpha value is -3.36. The van der Waals surface area contributed by atoms with Gasteiger partial charge in [-0.05, 0) is 55.3 Å². The zero-order chi connectivity index (χ0) is 22.1. The van der Waals surface area contributed by atoms with E-state index in [-0.39, 0.29) is 17.6 Å². The molecule has 1 aliphatic heterocycles. The molecule has 0 fully saturated rings. The third-order valence-electron chi connectivity index (χ3n) is 5.24. The van der Waals surface area contributed by atoms with Crippen LogP contribution in [0, 0.1) is 0 Å². The molecule has 0 unspecified atom stereocenters. The van der Waals surface area contributed by atoms with Gasteiger partial charge in [0.25, 0.3) is 5.91 Å². The van der Waals surface area contributed by atoms with Crippen molar-refractivity contribution in [3.8, 4) is 16.3 Å². The van der Waals surface area contributed by atoms with E-state index in [1.807, 2.05) is 36.4 Å². The van der Waals surface area contributed by atoms with Crippen LogP contribution in [0.1, 0.15) is 28.1 Å². The Morgan fingerprint density at radius 2 is 1.94 bits per heavy atom. The van der Waals surface area contributed by atoms with Gasteiger partial charge in [-0.3, -0.25) is 9.59 Å². The number of hydrogen-bond acceptors (Lipinski definition) is 6. The molecule has 0 saturated heterocycles. The Morgan fingerprint density at radius 3 is 2.78 bits per heavy atom. The van der Waals surface area contributed by atoms with Crippen LogP contribution in [0.5, 0.6) is 5.75 Å². The smallest absolute Gasteiger partial charge is 0.256 e. The van der Waals surface area contributed by atoms with Crippen molar-refractivity contribution in [2.45, 2.75) is 24.3 Å². The van der Waals surface area contributed by atoms with Gasteiger partial charge in [-0.2, -0.15) is 0 Å². The molecule has 5 rings (SSSR count). The highest BCUT2D eigenvalue weighted by atomic mass is 32.2. The van der Waals surface area contributed by atoms with Crippen LogP contribution in [-0.2, 0) is 11.3 Å². The molecule has 0 bridgehead atoms. The fourth-order valence-electron chi connectivity index (χ4n) is 3.57. The molecule has 3 aromatic rings. The maximum Gasteiger partial charge on any atom is 0.256 e. The SMILES string of the molecule is O=C(NCc1cnc(-c2ccc(O)cc2)s1)C1=CC2=C(CC1)Sc1ccccc1C(=O)N2. The normalized spacial score (nSPS) is 15.2. The average molecular weight is 462 g/mol. The van der Waals surface area contributed by atoms with Crippen molar-refractivity contribution in [3.05, 3.63) is 87.4 Å². The molecule has 2 aromatic carbocycles. The number of nitrogens with one attached hydrogen (secondary N) is 2. The highest BCUT2D eigenvalue weighted by molar-refractivity contribution is 8.03. The number of thiazole rings is 1. The van der Waals surface area contributed by atoms with Gasteiger partial charge in [0.05, 0.1) is 17.8 Å². The van der Waals surface area contributed by atoms with Crippen molar-refractivity contribution in [2.75, 3.05) is 0 Å². The highest BCUT2D eigenvalue weighted by Crippen LogP contribution is 2.39. The number of hydrogen-bond donors (Lipinski definition) is 3. The molecule has 1 aromatic heterocycles. The first kappa shape index (κ1) is 20.5. The molecule has 2 aliphatic rings. The van der Waals surface area contributed by atoms with Crippen LogP contribution in [0.25, 0.3) is 10.6 Å². The summed E-state index contributed by atoms with van der Waals surface area (Å²) in [7, 11) is 0. The first-order valence-electron chi connectivity index (χ1n) is 10.1. The zero-order valence-corrected chi connectivity index (χ0v) is 18.6. The van der Waals surface area contributed by atoms with Crippen LogP contribution in [-0.4, -0.2) is 21.9 Å². The summed E-state index contributed by atoms with van der Waals surface area (Å²) in [5.74, 6) is -0.0801. The zero-order valence-electron chi connectivity index (χ0n) is 16.9. The van der Waals surface area contributed by atoms with Crippen LogP contribution in [0.15, 0.2) is 81.9 Å². The summed E-state index contributed by atoms with van der Waals surface area (Å²) in [5.41, 5.74) is 2.93. The number of aromatic nitrogens is 1. The van der Waals surface area contributed by atoms with Gasteiger partial charge in [0.15, 0.2) is 0 Å². The minimum atomic E-state index is -0.151. The first-order valence-corrected chi connectivity index (χ1v) is 11.7. The quantitative estimate of drug-likeness (QED) is 0.528. The van der Waals surface area contributed by atoms with Crippen molar-refractivity contribution in [3.63, 3.8) is 0 Å². The molecule has 2 amide bonds. The van der Waals surface area contributed by atoms with E-state index in [2.05, 4.69) is 15.6 Å². The standard InChI is InChI=1S/C24H19N3O3S2/c28-16-8-5-14(6-9-16)24-26-13-17(31-24)12-25-22(29)15-7-10-21-19(11-15)27-23(30)18-3-1-2-4-20(18)32-21/h1-6,8-9,11,13,28H,7,10,12H2,(H,25,29)(H,27,30). The van der Waals surface area contributed by atoms with E-state index in [1.165, 1.54) is 11.3 Å². The van der Waals surface area contributed by atoms with E-state index < -0.39 is 0 Å². The lowest BCUT2D eigenvalue weighted by Crippen LogP contribution is -2.27. The third-order valence-corrected chi connectivity index (χ3v) is 7.53. The number of allylic oxidation sites excluding steroid dienone is 2. The predicted octanol–water partition coefficient (Wildman–Crippen LogP) is 4.60. The van der Waals surface area contributed by atoms with Crippen LogP contribution in [0.3, 0.4) is 0 Å². The summed E-state index contributed by atoms with van der Waals surface area (Å²) >= 11 is 3.09. The molecule has 0 spiro atoms. The summed E-state index contributed by atoms with van der Waals surface area (Å²) in [6.45, 7) is 0.379. The minimum absolute atomic E-state index is 0.142. The lowest BCUT2D eigenvalue weighted by Gasteiger charge is -2.18. The van der Waals surface area contributed by atoms with Crippen LogP contribution in [0.2, 0.25) is 0 Å². The van der Waals surface area contributed by atoms with Gasteiger partial charge in [-0.1, -0.05) is 23.9 Å². The number of nitrogens with zero attached hydrogens (tertiary/aromatic N) is 1. The summed E-state index contributed by atoms with van der Waals surface area (Å²) in [6, 6.07) is 14.4. The van der Waals surface area contributed by atoms with E-state index in [0.717, 1.165) is 25.2 Å². The topological polar surface area (TPSA) is 91.3 Å². The fourth-order valence-corrected chi connectivity index (χ4v) is 5.54. The number of fused-ring (bicyclic) bond motifs is 1. The molecule has 3 N–H and O–H groups in total. The maximum absolute atomic E-state index is 12.8. The predicted molar refractivity (Wildman–Crippen MR) is 125 cm³/mol. The molecule has 0 atom stereocenters. The molecule has 0 saturated carbocycles. The number of benzene rings is 2. The van der Waals surface area contributed by atoms with Crippen molar-refractivity contribution >= 4 is 34.9 Å². The summed E-state index contributed by atoms with van der Waals surface area (Å²) in [5, 5.41) is 16.2. The van der Waals surface area contributed by atoms with Crippen molar-refractivity contribution in [1.82, 2.24) is 15.6 Å². The monoisotopic (exact) mass is 461 g/mol. The van der Waals surface area contributed by atoms with Gasteiger partial charge >= 0.3 is 0 Å². The van der Waals surface area contributed by atoms with Crippen molar-refractivity contribution in [1.29, 1.82) is 0 Å². The summed E-state index contributed by atoms with van der Waals surface area (Å²) in [6.07, 6.45) is 4.87. The second kappa shape index (κ2) is 8.64. The van der Waals surface area contributed by atoms with Crippen molar-refractivity contribution < 1.29 is 14.7 Å².